The average Bonchev–Trinajstić information content (AvgIpc) is 2.33. The van der Waals surface area contributed by atoms with Gasteiger partial charge in [-0.1, -0.05) is 0 Å². The van der Waals surface area contributed by atoms with Crippen molar-refractivity contribution in [3.8, 4) is 0 Å². The van der Waals surface area contributed by atoms with Crippen molar-refractivity contribution in [1.82, 2.24) is 9.79 Å². The van der Waals surface area contributed by atoms with E-state index in [9.17, 15) is 5.02 Å². The molecule has 5 nitrogen and oxygen atoms in total. The summed E-state index contributed by atoms with van der Waals surface area (Å²) >= 11 is 0. The highest BCUT2D eigenvalue weighted by atomic mass is 16.2. The molecule has 1 aromatic rings. The summed E-state index contributed by atoms with van der Waals surface area (Å²) in [4.78, 5) is 6.17. The van der Waals surface area contributed by atoms with Gasteiger partial charge < -0.3 is 21.3 Å². The molecule has 1 aliphatic heterocycles. The molecule has 6 heteroatoms. The molecule has 92 valence electrons. The van der Waals surface area contributed by atoms with Gasteiger partial charge in [-0.15, -0.1) is 0 Å². The molecule has 1 saturated heterocycles. The summed E-state index contributed by atoms with van der Waals surface area (Å²) in [6.07, 6.45) is 3.86. The highest BCUT2D eigenvalue weighted by Gasteiger charge is 2.25. The number of pyridine rings is 1. The SMILES string of the molecule is CB(O)N1CCC(c2cnc(N)c(N)c2)CC1. The molecule has 0 saturated carbocycles. The van der Waals surface area contributed by atoms with Crippen LogP contribution in [-0.2, 0) is 0 Å². The molecule has 1 aromatic heterocycles. The van der Waals surface area contributed by atoms with Crippen molar-refractivity contribution in [3.05, 3.63) is 17.8 Å². The molecule has 1 fully saturated rings. The van der Waals surface area contributed by atoms with E-state index >= 15 is 0 Å². The Balaban J connectivity index is 2.03. The predicted molar refractivity (Wildman–Crippen MR) is 70.4 cm³/mol. The minimum Gasteiger partial charge on any atom is -0.437 e. The monoisotopic (exact) mass is 234 g/mol. The van der Waals surface area contributed by atoms with Crippen molar-refractivity contribution in [2.24, 2.45) is 0 Å². The maximum absolute atomic E-state index is 9.49. The molecule has 0 aromatic carbocycles. The number of nitrogens with zero attached hydrogens (tertiary/aromatic N) is 2. The highest BCUT2D eigenvalue weighted by molar-refractivity contribution is 6.45. The first-order chi connectivity index (χ1) is 8.08. The molecular weight excluding hydrogens is 215 g/mol. The fourth-order valence-corrected chi connectivity index (χ4v) is 2.34. The van der Waals surface area contributed by atoms with Crippen molar-refractivity contribution in [3.63, 3.8) is 0 Å². The molecule has 2 rings (SSSR count). The fourth-order valence-electron chi connectivity index (χ4n) is 2.34. The van der Waals surface area contributed by atoms with Gasteiger partial charge in [0.05, 0.1) is 5.69 Å². The smallest absolute Gasteiger partial charge is 0.376 e. The van der Waals surface area contributed by atoms with Crippen LogP contribution in [0.3, 0.4) is 0 Å². The third-order valence-electron chi connectivity index (χ3n) is 3.50. The van der Waals surface area contributed by atoms with Crippen LogP contribution in [-0.4, -0.2) is 35.0 Å². The second-order valence-electron chi connectivity index (χ2n) is 4.69. The molecule has 0 spiro atoms. The van der Waals surface area contributed by atoms with Gasteiger partial charge in [-0.2, -0.15) is 0 Å². The van der Waals surface area contributed by atoms with Crippen LogP contribution in [0.25, 0.3) is 0 Å². The Morgan fingerprint density at radius 3 is 2.59 bits per heavy atom. The molecular formula is C11H19BN4O. The number of piperidine rings is 1. The number of nitrogen functional groups attached to an aromatic ring is 2. The van der Waals surface area contributed by atoms with Crippen molar-refractivity contribution >= 4 is 18.6 Å². The van der Waals surface area contributed by atoms with Crippen molar-refractivity contribution in [2.45, 2.75) is 25.6 Å². The largest absolute Gasteiger partial charge is 0.437 e. The fraction of sp³-hybridized carbons (Fsp3) is 0.545. The zero-order valence-electron chi connectivity index (χ0n) is 10.1. The van der Waals surface area contributed by atoms with Crippen LogP contribution < -0.4 is 11.5 Å². The predicted octanol–water partition coefficient (Wildman–Crippen LogP) is 0.536. The van der Waals surface area contributed by atoms with Crippen LogP contribution in [0, 0.1) is 0 Å². The quantitative estimate of drug-likeness (QED) is 0.650. The van der Waals surface area contributed by atoms with Crippen molar-refractivity contribution in [1.29, 1.82) is 0 Å². The van der Waals surface area contributed by atoms with E-state index in [1.165, 1.54) is 0 Å². The van der Waals surface area contributed by atoms with Crippen molar-refractivity contribution in [2.75, 3.05) is 24.6 Å². The standard InChI is InChI=1S/C11H19BN4O/c1-12(17)16-4-2-8(3-5-16)9-6-10(13)11(14)15-7-9/h6-8,17H,2-5,13H2,1H3,(H2,14,15). The van der Waals surface area contributed by atoms with Gasteiger partial charge in [0, 0.05) is 6.20 Å². The lowest BCUT2D eigenvalue weighted by atomic mass is 9.79. The first kappa shape index (κ1) is 12.2. The van der Waals surface area contributed by atoms with Crippen LogP contribution >= 0.6 is 0 Å². The zero-order chi connectivity index (χ0) is 12.4. The molecule has 0 atom stereocenters. The number of aromatic nitrogens is 1. The Morgan fingerprint density at radius 2 is 2.06 bits per heavy atom. The van der Waals surface area contributed by atoms with Gasteiger partial charge >= 0.3 is 7.05 Å². The Hall–Kier alpha value is -1.27. The van der Waals surface area contributed by atoms with Gasteiger partial charge in [-0.3, -0.25) is 0 Å². The first-order valence-electron chi connectivity index (χ1n) is 6.01. The molecule has 0 unspecified atom stereocenters. The summed E-state index contributed by atoms with van der Waals surface area (Å²) in [7, 11) is -0.356. The highest BCUT2D eigenvalue weighted by Crippen LogP contribution is 2.29. The Labute approximate surface area is 102 Å². The lowest BCUT2D eigenvalue weighted by molar-refractivity contribution is 0.289. The minimum absolute atomic E-state index is 0.356. The van der Waals surface area contributed by atoms with Gasteiger partial charge in [-0.25, -0.2) is 4.98 Å². The molecule has 0 amide bonds. The summed E-state index contributed by atoms with van der Waals surface area (Å²) in [5, 5.41) is 9.49. The Kier molecular flexibility index (Phi) is 3.54. The van der Waals surface area contributed by atoms with Crippen LogP contribution in [0.4, 0.5) is 11.5 Å². The van der Waals surface area contributed by atoms with Crippen LogP contribution in [0.5, 0.6) is 0 Å². The van der Waals surface area contributed by atoms with E-state index in [4.69, 9.17) is 11.5 Å². The van der Waals surface area contributed by atoms with E-state index in [0.29, 0.717) is 17.4 Å². The van der Waals surface area contributed by atoms with Crippen LogP contribution in [0.1, 0.15) is 24.3 Å². The molecule has 17 heavy (non-hydrogen) atoms. The third kappa shape index (κ3) is 2.70. The molecule has 2 heterocycles. The molecule has 0 bridgehead atoms. The number of nitrogens with two attached hydrogens (primary N) is 2. The normalized spacial score (nSPS) is 18.2. The zero-order valence-corrected chi connectivity index (χ0v) is 10.1. The number of hydrogen-bond acceptors (Lipinski definition) is 5. The topological polar surface area (TPSA) is 88.4 Å². The van der Waals surface area contributed by atoms with Gasteiger partial charge in [0.1, 0.15) is 5.82 Å². The second-order valence-corrected chi connectivity index (χ2v) is 4.69. The van der Waals surface area contributed by atoms with E-state index < -0.39 is 0 Å². The van der Waals surface area contributed by atoms with Crippen LogP contribution in [0.15, 0.2) is 12.3 Å². The van der Waals surface area contributed by atoms with Gasteiger partial charge in [0.15, 0.2) is 0 Å². The summed E-state index contributed by atoms with van der Waals surface area (Å²) < 4.78 is 0. The Bertz CT molecular complexity index is 391. The Morgan fingerprint density at radius 1 is 1.41 bits per heavy atom. The summed E-state index contributed by atoms with van der Waals surface area (Å²) in [5.41, 5.74) is 13.1. The summed E-state index contributed by atoms with van der Waals surface area (Å²) in [6, 6.07) is 1.92. The van der Waals surface area contributed by atoms with Crippen LogP contribution in [0.2, 0.25) is 6.82 Å². The van der Waals surface area contributed by atoms with E-state index in [2.05, 4.69) is 9.79 Å². The molecule has 0 aliphatic carbocycles. The number of hydrogen-bond donors (Lipinski definition) is 3. The summed E-state index contributed by atoms with van der Waals surface area (Å²) in [5.74, 6) is 0.871. The van der Waals surface area contributed by atoms with Gasteiger partial charge in [0.25, 0.3) is 0 Å². The van der Waals surface area contributed by atoms with E-state index in [1.807, 2.05) is 19.1 Å². The second kappa shape index (κ2) is 4.93. The summed E-state index contributed by atoms with van der Waals surface area (Å²) in [6.45, 7) is 3.63. The van der Waals surface area contributed by atoms with Crippen molar-refractivity contribution < 1.29 is 5.02 Å². The van der Waals surface area contributed by atoms with E-state index in [1.54, 1.807) is 0 Å². The first-order valence-corrected chi connectivity index (χ1v) is 6.01. The minimum atomic E-state index is -0.356. The lowest BCUT2D eigenvalue weighted by Crippen LogP contribution is -2.42. The maximum Gasteiger partial charge on any atom is 0.376 e. The van der Waals surface area contributed by atoms with Gasteiger partial charge in [-0.05, 0) is 50.3 Å². The molecule has 0 radical (unpaired) electrons. The van der Waals surface area contributed by atoms with E-state index in [-0.39, 0.29) is 7.05 Å². The third-order valence-corrected chi connectivity index (χ3v) is 3.50. The maximum atomic E-state index is 9.49. The number of anilines is 2. The molecule has 5 N–H and O–H groups in total. The number of rotatable bonds is 2. The average molecular weight is 234 g/mol. The lowest BCUT2D eigenvalue weighted by Gasteiger charge is -2.32. The molecule has 1 aliphatic rings. The van der Waals surface area contributed by atoms with E-state index in [0.717, 1.165) is 31.5 Å². The van der Waals surface area contributed by atoms with Gasteiger partial charge in [0.2, 0.25) is 0 Å².